The maximum atomic E-state index is 12.1. The van der Waals surface area contributed by atoms with Crippen molar-refractivity contribution in [1.82, 2.24) is 14.9 Å². The Morgan fingerprint density at radius 3 is 2.95 bits per heavy atom. The molecule has 2 heterocycles. The minimum atomic E-state index is -0.334. The number of nitrogens with zero attached hydrogens (tertiary/aromatic N) is 3. The smallest absolute Gasteiger partial charge is 0.410 e. The van der Waals surface area contributed by atoms with Gasteiger partial charge in [-0.05, 0) is 29.1 Å². The van der Waals surface area contributed by atoms with Crippen molar-refractivity contribution in [2.24, 2.45) is 0 Å². The maximum Gasteiger partial charge on any atom is 0.410 e. The average molecular weight is 304 g/mol. The van der Waals surface area contributed by atoms with Gasteiger partial charge in [0.05, 0.1) is 12.2 Å². The van der Waals surface area contributed by atoms with E-state index in [0.29, 0.717) is 19.5 Å². The third kappa shape index (κ3) is 3.31. The van der Waals surface area contributed by atoms with E-state index in [9.17, 15) is 4.79 Å². The first-order valence-electron chi connectivity index (χ1n) is 6.68. The molecule has 1 aromatic carbocycles. The molecule has 5 nitrogen and oxygen atoms in total. The Kier molecular flexibility index (Phi) is 4.01. The Balaban J connectivity index is 1.61. The lowest BCUT2D eigenvalue weighted by molar-refractivity contribution is 0.0912. The summed E-state index contributed by atoms with van der Waals surface area (Å²) in [5, 5.41) is 0.202. The molecule has 0 radical (unpaired) electrons. The van der Waals surface area contributed by atoms with Crippen LogP contribution in [0.25, 0.3) is 0 Å². The molecule has 3 rings (SSSR count). The molecular formula is C15H14ClN3O2. The molecule has 0 atom stereocenters. The van der Waals surface area contributed by atoms with Crippen molar-refractivity contribution in [3.8, 4) is 0 Å². The van der Waals surface area contributed by atoms with Crippen LogP contribution >= 0.6 is 11.6 Å². The van der Waals surface area contributed by atoms with Crippen molar-refractivity contribution < 1.29 is 9.53 Å². The molecule has 6 heteroatoms. The first kappa shape index (κ1) is 13.8. The number of hydrogen-bond donors (Lipinski definition) is 0. The van der Waals surface area contributed by atoms with E-state index >= 15 is 0 Å². The standard InChI is InChI=1S/C15H14ClN3O2/c16-14-17-8-12-6-7-19(9-13(12)18-14)15(20)21-10-11-4-2-1-3-5-11/h1-5,8H,6-7,9-10H2. The van der Waals surface area contributed by atoms with Gasteiger partial charge in [-0.2, -0.15) is 0 Å². The first-order chi connectivity index (χ1) is 10.2. The lowest BCUT2D eigenvalue weighted by atomic mass is 10.1. The zero-order valence-electron chi connectivity index (χ0n) is 11.3. The highest BCUT2D eigenvalue weighted by Crippen LogP contribution is 2.18. The van der Waals surface area contributed by atoms with Gasteiger partial charge in [0, 0.05) is 12.7 Å². The summed E-state index contributed by atoms with van der Waals surface area (Å²) >= 11 is 5.79. The van der Waals surface area contributed by atoms with E-state index in [2.05, 4.69) is 9.97 Å². The Morgan fingerprint density at radius 1 is 1.33 bits per heavy atom. The number of ether oxygens (including phenoxy) is 1. The van der Waals surface area contributed by atoms with Crippen molar-refractivity contribution in [1.29, 1.82) is 0 Å². The lowest BCUT2D eigenvalue weighted by Gasteiger charge is -2.27. The number of hydrogen-bond acceptors (Lipinski definition) is 4. The van der Waals surface area contributed by atoms with Gasteiger partial charge in [0.1, 0.15) is 6.61 Å². The van der Waals surface area contributed by atoms with Gasteiger partial charge in [0.2, 0.25) is 5.28 Å². The van der Waals surface area contributed by atoms with Crippen LogP contribution in [0.3, 0.4) is 0 Å². The fraction of sp³-hybridized carbons (Fsp3) is 0.267. The van der Waals surface area contributed by atoms with Crippen LogP contribution in [-0.2, 0) is 24.3 Å². The van der Waals surface area contributed by atoms with Crippen molar-refractivity contribution in [2.45, 2.75) is 19.6 Å². The summed E-state index contributed by atoms with van der Waals surface area (Å²) in [6, 6.07) is 9.60. The van der Waals surface area contributed by atoms with Crippen LogP contribution in [0.15, 0.2) is 36.5 Å². The molecule has 21 heavy (non-hydrogen) atoms. The van der Waals surface area contributed by atoms with Crippen molar-refractivity contribution in [3.05, 3.63) is 58.6 Å². The fourth-order valence-corrected chi connectivity index (χ4v) is 2.40. The maximum absolute atomic E-state index is 12.1. The molecule has 0 aliphatic carbocycles. The molecule has 1 amide bonds. The molecule has 0 spiro atoms. The summed E-state index contributed by atoms with van der Waals surface area (Å²) < 4.78 is 5.32. The van der Waals surface area contributed by atoms with Gasteiger partial charge >= 0.3 is 6.09 Å². The third-order valence-corrected chi connectivity index (χ3v) is 3.56. The van der Waals surface area contributed by atoms with Gasteiger partial charge in [-0.3, -0.25) is 0 Å². The fourth-order valence-electron chi connectivity index (χ4n) is 2.25. The van der Waals surface area contributed by atoms with Crippen LogP contribution in [-0.4, -0.2) is 27.5 Å². The number of carbonyl (C=O) groups is 1. The van der Waals surface area contributed by atoms with Gasteiger partial charge in [-0.1, -0.05) is 30.3 Å². The highest BCUT2D eigenvalue weighted by Gasteiger charge is 2.23. The topological polar surface area (TPSA) is 55.3 Å². The van der Waals surface area contributed by atoms with Crippen LogP contribution < -0.4 is 0 Å². The second-order valence-corrected chi connectivity index (χ2v) is 5.16. The number of amides is 1. The Bertz CT molecular complexity index is 649. The number of fused-ring (bicyclic) bond motifs is 1. The van der Waals surface area contributed by atoms with Gasteiger partial charge < -0.3 is 9.64 Å². The monoisotopic (exact) mass is 303 g/mol. The van der Waals surface area contributed by atoms with E-state index in [1.165, 1.54) is 0 Å². The van der Waals surface area contributed by atoms with E-state index < -0.39 is 0 Å². The molecule has 0 saturated carbocycles. The van der Waals surface area contributed by atoms with Crippen LogP contribution in [0.5, 0.6) is 0 Å². The molecule has 108 valence electrons. The summed E-state index contributed by atoms with van der Waals surface area (Å²) in [6.07, 6.45) is 2.10. The van der Waals surface area contributed by atoms with E-state index in [-0.39, 0.29) is 18.0 Å². The van der Waals surface area contributed by atoms with Gasteiger partial charge in [-0.25, -0.2) is 14.8 Å². The van der Waals surface area contributed by atoms with Crippen LogP contribution in [0, 0.1) is 0 Å². The summed E-state index contributed by atoms with van der Waals surface area (Å²) in [7, 11) is 0. The van der Waals surface area contributed by atoms with E-state index in [4.69, 9.17) is 16.3 Å². The molecular weight excluding hydrogens is 290 g/mol. The van der Waals surface area contributed by atoms with Gasteiger partial charge in [0.15, 0.2) is 0 Å². The molecule has 0 fully saturated rings. The second-order valence-electron chi connectivity index (χ2n) is 4.82. The van der Waals surface area contributed by atoms with Gasteiger partial charge in [-0.15, -0.1) is 0 Å². The number of carbonyl (C=O) groups excluding carboxylic acids is 1. The van der Waals surface area contributed by atoms with Crippen molar-refractivity contribution in [3.63, 3.8) is 0 Å². The normalized spacial score (nSPS) is 13.7. The molecule has 2 aromatic rings. The Labute approximate surface area is 127 Å². The molecule has 0 N–H and O–H groups in total. The molecule has 1 aromatic heterocycles. The number of rotatable bonds is 2. The minimum absolute atomic E-state index is 0.202. The van der Waals surface area contributed by atoms with Gasteiger partial charge in [0.25, 0.3) is 0 Å². The van der Waals surface area contributed by atoms with Crippen molar-refractivity contribution in [2.75, 3.05) is 6.54 Å². The molecule has 0 unspecified atom stereocenters. The summed E-state index contributed by atoms with van der Waals surface area (Å²) in [5.41, 5.74) is 2.79. The summed E-state index contributed by atoms with van der Waals surface area (Å²) in [5.74, 6) is 0. The van der Waals surface area contributed by atoms with Crippen LogP contribution in [0.2, 0.25) is 5.28 Å². The number of aromatic nitrogens is 2. The van der Waals surface area contributed by atoms with E-state index in [1.54, 1.807) is 11.1 Å². The zero-order chi connectivity index (χ0) is 14.7. The Hall–Kier alpha value is -2.14. The highest BCUT2D eigenvalue weighted by molar-refractivity contribution is 6.28. The van der Waals surface area contributed by atoms with Crippen LogP contribution in [0.1, 0.15) is 16.8 Å². The summed E-state index contributed by atoms with van der Waals surface area (Å²) in [6.45, 7) is 1.28. The minimum Gasteiger partial charge on any atom is -0.445 e. The highest BCUT2D eigenvalue weighted by atomic mass is 35.5. The third-order valence-electron chi connectivity index (χ3n) is 3.38. The zero-order valence-corrected chi connectivity index (χ0v) is 12.1. The van der Waals surface area contributed by atoms with E-state index in [0.717, 1.165) is 16.8 Å². The average Bonchev–Trinajstić information content (AvgIpc) is 2.53. The lowest BCUT2D eigenvalue weighted by Crippen LogP contribution is -2.36. The Morgan fingerprint density at radius 2 is 2.14 bits per heavy atom. The van der Waals surface area contributed by atoms with E-state index in [1.807, 2.05) is 30.3 Å². The number of halogens is 1. The quantitative estimate of drug-likeness (QED) is 0.801. The molecule has 0 bridgehead atoms. The second kappa shape index (κ2) is 6.10. The largest absolute Gasteiger partial charge is 0.445 e. The van der Waals surface area contributed by atoms with Crippen molar-refractivity contribution >= 4 is 17.7 Å². The van der Waals surface area contributed by atoms with Crippen LogP contribution in [0.4, 0.5) is 4.79 Å². The predicted octanol–water partition coefficient (Wildman–Crippen LogP) is 2.82. The SMILES string of the molecule is O=C(OCc1ccccc1)N1CCc2cnc(Cl)nc2C1. The molecule has 0 saturated heterocycles. The molecule has 1 aliphatic heterocycles. The number of benzene rings is 1. The summed E-state index contributed by atoms with van der Waals surface area (Å²) in [4.78, 5) is 21.9. The predicted molar refractivity (Wildman–Crippen MR) is 77.8 cm³/mol. The molecule has 1 aliphatic rings. The first-order valence-corrected chi connectivity index (χ1v) is 7.06.